The molecule has 242 valence electrons. The third-order valence-corrected chi connectivity index (χ3v) is 11.2. The molecule has 2 fully saturated rings. The molecule has 0 atom stereocenters. The van der Waals surface area contributed by atoms with Gasteiger partial charge in [-0.15, -0.1) is 0 Å². The van der Waals surface area contributed by atoms with Crippen LogP contribution in [0, 0.1) is 0 Å². The zero-order valence-electron chi connectivity index (χ0n) is 25.4. The summed E-state index contributed by atoms with van der Waals surface area (Å²) < 4.78 is 28.3. The van der Waals surface area contributed by atoms with E-state index in [9.17, 15) is 13.2 Å². The second-order valence-corrected chi connectivity index (χ2v) is 14.7. The zero-order chi connectivity index (χ0) is 32.5. The van der Waals surface area contributed by atoms with Gasteiger partial charge in [-0.3, -0.25) is 14.3 Å². The maximum atomic E-state index is 14.3. The number of rotatable bonds is 8. The van der Waals surface area contributed by atoms with Gasteiger partial charge in [-0.05, 0) is 93.4 Å². The lowest BCUT2D eigenvalue weighted by atomic mass is 10.0. The fraction of sp³-hybridized carbons (Fsp3) is 0.294. The molecule has 1 aliphatic carbocycles. The van der Waals surface area contributed by atoms with E-state index < -0.39 is 9.84 Å². The van der Waals surface area contributed by atoms with Gasteiger partial charge < -0.3 is 16.0 Å². The van der Waals surface area contributed by atoms with E-state index in [0.717, 1.165) is 63.0 Å². The number of pyridine rings is 2. The number of piperidine rings is 1. The Kier molecular flexibility index (Phi) is 8.89. The number of nitrogens with zero attached hydrogens (tertiary/aromatic N) is 4. The van der Waals surface area contributed by atoms with Crippen molar-refractivity contribution in [1.82, 2.24) is 24.8 Å². The number of aromatic nitrogens is 4. The zero-order valence-corrected chi connectivity index (χ0v) is 27.7. The maximum Gasteiger partial charge on any atom is 0.260 e. The average Bonchev–Trinajstić information content (AvgIpc) is 3.61. The van der Waals surface area contributed by atoms with Crippen molar-refractivity contribution in [2.45, 2.75) is 60.4 Å². The van der Waals surface area contributed by atoms with Crippen LogP contribution in [0.5, 0.6) is 0 Å². The van der Waals surface area contributed by atoms with E-state index >= 15 is 0 Å². The Morgan fingerprint density at radius 1 is 0.851 bits per heavy atom. The Morgan fingerprint density at radius 3 is 2.19 bits per heavy atom. The third-order valence-electron chi connectivity index (χ3n) is 8.87. The molecule has 10 nitrogen and oxygen atoms in total. The highest BCUT2D eigenvalue weighted by molar-refractivity contribution is 7.91. The smallest absolute Gasteiger partial charge is 0.260 e. The van der Waals surface area contributed by atoms with Crippen LogP contribution >= 0.6 is 23.2 Å². The largest absolute Gasteiger partial charge is 0.382 e. The minimum absolute atomic E-state index is 0.0526. The molecule has 3 aromatic heterocycles. The first kappa shape index (κ1) is 31.6. The van der Waals surface area contributed by atoms with Crippen molar-refractivity contribution in [3.05, 3.63) is 93.6 Å². The van der Waals surface area contributed by atoms with Crippen LogP contribution in [0.15, 0.2) is 87.8 Å². The standard InChI is InChI=1S/C34H33Cl2N7O3S/c35-29-18-27(47(45,46)26-11-15-38-16-12-26)19-30(36)31(29)28-17-21-20-39-34(42-32(21)43(33(28)44)25-3-1-2-4-25)41-23-7-5-22(6-8-23)40-24-9-13-37-14-10-24/h5-8,11-12,15-20,24-25,37,40H,1-4,9-10,13-14H2,(H,39,41,42). The highest BCUT2D eigenvalue weighted by atomic mass is 35.5. The van der Waals surface area contributed by atoms with E-state index in [4.69, 9.17) is 28.2 Å². The lowest BCUT2D eigenvalue weighted by Gasteiger charge is -2.24. The van der Waals surface area contributed by atoms with Crippen LogP contribution in [0.3, 0.4) is 0 Å². The van der Waals surface area contributed by atoms with Crippen molar-refractivity contribution < 1.29 is 8.42 Å². The van der Waals surface area contributed by atoms with Crippen LogP contribution in [0.25, 0.3) is 22.2 Å². The molecule has 3 N–H and O–H groups in total. The molecule has 2 aromatic carbocycles. The van der Waals surface area contributed by atoms with Gasteiger partial charge >= 0.3 is 0 Å². The lowest BCUT2D eigenvalue weighted by Crippen LogP contribution is -2.35. The summed E-state index contributed by atoms with van der Waals surface area (Å²) in [6.45, 7) is 2.04. The Bertz CT molecular complexity index is 2070. The molecule has 0 amide bonds. The number of fused-ring (bicyclic) bond motifs is 1. The molecular formula is C34H33Cl2N7O3S. The van der Waals surface area contributed by atoms with Crippen LogP contribution in [-0.4, -0.2) is 47.1 Å². The minimum atomic E-state index is -3.91. The second kappa shape index (κ2) is 13.2. The summed E-state index contributed by atoms with van der Waals surface area (Å²) in [5.74, 6) is 0.372. The number of nitrogens with one attached hydrogen (secondary N) is 3. The SMILES string of the molecule is O=c1c(-c2c(Cl)cc(S(=O)(=O)c3ccncc3)cc2Cl)cc2cnc(Nc3ccc(NC4CCNCC4)cc3)nc2n1C1CCCC1. The summed E-state index contributed by atoms with van der Waals surface area (Å²) in [5, 5.41) is 11.0. The van der Waals surface area contributed by atoms with Crippen molar-refractivity contribution in [2.24, 2.45) is 0 Å². The molecule has 2 aliphatic rings. The molecule has 7 rings (SSSR count). The van der Waals surface area contributed by atoms with Crippen LogP contribution in [0.2, 0.25) is 10.0 Å². The number of hydrogen-bond acceptors (Lipinski definition) is 9. The van der Waals surface area contributed by atoms with E-state index in [2.05, 4.69) is 25.9 Å². The Hall–Kier alpha value is -4.03. The Balaban J connectivity index is 1.24. The van der Waals surface area contributed by atoms with Gasteiger partial charge in [-0.25, -0.2) is 13.4 Å². The lowest BCUT2D eigenvalue weighted by molar-refractivity contribution is 0.479. The Morgan fingerprint density at radius 2 is 1.51 bits per heavy atom. The molecule has 1 saturated heterocycles. The van der Waals surface area contributed by atoms with Gasteiger partial charge in [0.2, 0.25) is 15.8 Å². The maximum absolute atomic E-state index is 14.3. The van der Waals surface area contributed by atoms with Crippen molar-refractivity contribution in [3.63, 3.8) is 0 Å². The fourth-order valence-corrected chi connectivity index (χ4v) is 8.58. The van der Waals surface area contributed by atoms with Crippen molar-refractivity contribution in [3.8, 4) is 11.1 Å². The molecule has 1 saturated carbocycles. The number of hydrogen-bond donors (Lipinski definition) is 3. The van der Waals surface area contributed by atoms with E-state index in [1.807, 2.05) is 24.3 Å². The quantitative estimate of drug-likeness (QED) is 0.157. The molecule has 5 aromatic rings. The predicted octanol–water partition coefficient (Wildman–Crippen LogP) is 7.02. The van der Waals surface area contributed by atoms with Crippen LogP contribution in [0.4, 0.5) is 17.3 Å². The van der Waals surface area contributed by atoms with Crippen molar-refractivity contribution >= 4 is 61.4 Å². The highest BCUT2D eigenvalue weighted by Gasteiger charge is 2.27. The summed E-state index contributed by atoms with van der Waals surface area (Å²) in [6.07, 6.45) is 10.3. The summed E-state index contributed by atoms with van der Waals surface area (Å²) in [7, 11) is -3.91. The molecular weight excluding hydrogens is 657 g/mol. The normalized spacial score (nSPS) is 16.0. The third kappa shape index (κ3) is 6.45. The first-order valence-corrected chi connectivity index (χ1v) is 17.9. The Labute approximate surface area is 282 Å². The van der Waals surface area contributed by atoms with Gasteiger partial charge in [-0.2, -0.15) is 4.98 Å². The fourth-order valence-electron chi connectivity index (χ4n) is 6.46. The monoisotopic (exact) mass is 689 g/mol. The molecule has 0 bridgehead atoms. The molecule has 47 heavy (non-hydrogen) atoms. The van der Waals surface area contributed by atoms with Gasteiger partial charge in [0.05, 0.1) is 25.4 Å². The average molecular weight is 691 g/mol. The van der Waals surface area contributed by atoms with Gasteiger partial charge in [0, 0.05) is 53.0 Å². The number of halogens is 2. The summed E-state index contributed by atoms with van der Waals surface area (Å²) >= 11 is 13.4. The molecule has 0 spiro atoms. The molecule has 1 aliphatic heterocycles. The minimum Gasteiger partial charge on any atom is -0.382 e. The summed E-state index contributed by atoms with van der Waals surface area (Å²) in [5.41, 5.74) is 2.62. The predicted molar refractivity (Wildman–Crippen MR) is 186 cm³/mol. The van der Waals surface area contributed by atoms with Crippen molar-refractivity contribution in [1.29, 1.82) is 0 Å². The molecule has 13 heteroatoms. The summed E-state index contributed by atoms with van der Waals surface area (Å²) in [6, 6.07) is 15.6. The van der Waals surface area contributed by atoms with E-state index in [0.29, 0.717) is 23.0 Å². The number of sulfone groups is 1. The molecule has 0 radical (unpaired) electrons. The van der Waals surface area contributed by atoms with Gasteiger partial charge in [0.1, 0.15) is 5.65 Å². The van der Waals surface area contributed by atoms with Crippen LogP contribution in [0.1, 0.15) is 44.6 Å². The number of benzene rings is 2. The van der Waals surface area contributed by atoms with E-state index in [1.165, 1.54) is 36.7 Å². The highest BCUT2D eigenvalue weighted by Crippen LogP contribution is 2.39. The van der Waals surface area contributed by atoms with Gasteiger partial charge in [-0.1, -0.05) is 36.0 Å². The first-order chi connectivity index (χ1) is 22.8. The first-order valence-electron chi connectivity index (χ1n) is 15.7. The van der Waals surface area contributed by atoms with Crippen LogP contribution in [-0.2, 0) is 9.84 Å². The second-order valence-electron chi connectivity index (χ2n) is 12.0. The van der Waals surface area contributed by atoms with Crippen LogP contribution < -0.4 is 21.5 Å². The molecule has 0 unspecified atom stereocenters. The topological polar surface area (TPSA) is 131 Å². The summed E-state index contributed by atoms with van der Waals surface area (Å²) in [4.78, 5) is 27.5. The van der Waals surface area contributed by atoms with Gasteiger partial charge in [0.15, 0.2) is 0 Å². The van der Waals surface area contributed by atoms with E-state index in [1.54, 1.807) is 16.8 Å². The molecule has 4 heterocycles. The van der Waals surface area contributed by atoms with Gasteiger partial charge in [0.25, 0.3) is 5.56 Å². The number of anilines is 3. The van der Waals surface area contributed by atoms with E-state index in [-0.39, 0.29) is 42.6 Å². The van der Waals surface area contributed by atoms with Crippen molar-refractivity contribution in [2.75, 3.05) is 23.7 Å².